The normalized spacial score (nSPS) is 20.6. The van der Waals surface area contributed by atoms with Crippen LogP contribution in [0.1, 0.15) is 11.1 Å². The van der Waals surface area contributed by atoms with E-state index < -0.39 is 6.10 Å². The van der Waals surface area contributed by atoms with E-state index in [1.807, 2.05) is 48.5 Å². The van der Waals surface area contributed by atoms with Gasteiger partial charge in [-0.15, -0.1) is 0 Å². The van der Waals surface area contributed by atoms with Crippen molar-refractivity contribution in [3.63, 3.8) is 0 Å². The number of morpholine rings is 1. The molecular weight excluding hydrogens is 396 g/mol. The molecule has 0 aliphatic carbocycles. The number of quaternary nitrogens is 1. The predicted octanol–water partition coefficient (Wildman–Crippen LogP) is 2.12. The number of nitriles is 1. The Bertz CT molecular complexity index is 890. The number of hydrogen-bond donors (Lipinski definition) is 1. The van der Waals surface area contributed by atoms with Crippen molar-refractivity contribution >= 4 is 0 Å². The van der Waals surface area contributed by atoms with E-state index in [2.05, 4.69) is 6.07 Å². The third-order valence-corrected chi connectivity index (χ3v) is 5.80. The SMILES string of the molecule is N#Cc1ccc(C[N+]2(CC(O)COCC3COc4ccccc4O3)CCOCC2)cc1. The van der Waals surface area contributed by atoms with Gasteiger partial charge >= 0.3 is 0 Å². The second-order valence-electron chi connectivity index (χ2n) is 8.24. The first-order valence-corrected chi connectivity index (χ1v) is 10.7. The van der Waals surface area contributed by atoms with Crippen molar-refractivity contribution < 1.29 is 28.5 Å². The van der Waals surface area contributed by atoms with E-state index >= 15 is 0 Å². The van der Waals surface area contributed by atoms with Gasteiger partial charge in [-0.05, 0) is 24.3 Å². The lowest BCUT2D eigenvalue weighted by Gasteiger charge is -2.42. The van der Waals surface area contributed by atoms with Gasteiger partial charge in [0.15, 0.2) is 17.6 Å². The number of fused-ring (bicyclic) bond motifs is 1. The molecule has 0 spiro atoms. The minimum atomic E-state index is -0.590. The van der Waals surface area contributed by atoms with Crippen LogP contribution in [0.5, 0.6) is 11.5 Å². The highest BCUT2D eigenvalue weighted by Gasteiger charge is 2.33. The summed E-state index contributed by atoms with van der Waals surface area (Å²) >= 11 is 0. The van der Waals surface area contributed by atoms with Crippen LogP contribution in [0.25, 0.3) is 0 Å². The maximum Gasteiger partial charge on any atom is 0.161 e. The molecule has 2 unspecified atom stereocenters. The van der Waals surface area contributed by atoms with Crippen molar-refractivity contribution in [2.45, 2.75) is 18.8 Å². The Morgan fingerprint density at radius 2 is 1.84 bits per heavy atom. The molecule has 1 saturated heterocycles. The monoisotopic (exact) mass is 425 g/mol. The van der Waals surface area contributed by atoms with Crippen LogP contribution in [0, 0.1) is 11.3 Å². The summed E-state index contributed by atoms with van der Waals surface area (Å²) in [6.45, 7) is 5.47. The Labute approximate surface area is 182 Å². The molecule has 2 atom stereocenters. The molecule has 0 aromatic heterocycles. The lowest BCUT2D eigenvalue weighted by molar-refractivity contribution is -0.950. The third kappa shape index (κ3) is 5.75. The van der Waals surface area contributed by atoms with Crippen molar-refractivity contribution in [1.29, 1.82) is 5.26 Å². The Kier molecular flexibility index (Phi) is 7.05. The van der Waals surface area contributed by atoms with Crippen molar-refractivity contribution in [3.05, 3.63) is 59.7 Å². The average molecular weight is 426 g/mol. The van der Waals surface area contributed by atoms with Gasteiger partial charge in [-0.2, -0.15) is 5.26 Å². The van der Waals surface area contributed by atoms with Gasteiger partial charge in [-0.1, -0.05) is 24.3 Å². The molecule has 1 N–H and O–H groups in total. The van der Waals surface area contributed by atoms with Crippen LogP contribution >= 0.6 is 0 Å². The highest BCUT2D eigenvalue weighted by Crippen LogP contribution is 2.30. The zero-order valence-corrected chi connectivity index (χ0v) is 17.6. The largest absolute Gasteiger partial charge is 0.486 e. The maximum absolute atomic E-state index is 10.7. The summed E-state index contributed by atoms with van der Waals surface area (Å²) in [5.41, 5.74) is 1.81. The lowest BCUT2D eigenvalue weighted by Crippen LogP contribution is -2.58. The summed E-state index contributed by atoms with van der Waals surface area (Å²) in [4.78, 5) is 0. The van der Waals surface area contributed by atoms with E-state index in [1.165, 1.54) is 0 Å². The van der Waals surface area contributed by atoms with Crippen LogP contribution in [-0.4, -0.2) is 74.5 Å². The van der Waals surface area contributed by atoms with Gasteiger partial charge in [0.1, 0.15) is 38.9 Å². The number of aliphatic hydroxyl groups is 1. The van der Waals surface area contributed by atoms with Gasteiger partial charge < -0.3 is 28.5 Å². The molecule has 0 saturated carbocycles. The van der Waals surface area contributed by atoms with Gasteiger partial charge in [0, 0.05) is 5.56 Å². The summed E-state index contributed by atoms with van der Waals surface area (Å²) in [5, 5.41) is 19.7. The lowest BCUT2D eigenvalue weighted by atomic mass is 10.1. The standard InChI is InChI=1S/C24H29N2O5/c25-13-19-5-7-20(8-6-19)14-26(9-11-28-12-10-26)15-21(27)16-29-17-22-18-30-23-3-1-2-4-24(23)31-22/h1-8,21-22,27H,9-12,14-18H2/q+1. The molecular formula is C24H29N2O5+. The molecule has 2 aromatic carbocycles. The van der Waals surface area contributed by atoms with E-state index in [1.54, 1.807) is 0 Å². The fourth-order valence-electron chi connectivity index (χ4n) is 4.19. The number of ether oxygens (including phenoxy) is 4. The Morgan fingerprint density at radius 1 is 1.10 bits per heavy atom. The van der Waals surface area contributed by atoms with Gasteiger partial charge in [0.05, 0.1) is 38.1 Å². The molecule has 1 fully saturated rings. The molecule has 0 amide bonds. The van der Waals surface area contributed by atoms with Crippen LogP contribution in [0.3, 0.4) is 0 Å². The van der Waals surface area contributed by atoms with Crippen molar-refractivity contribution in [3.8, 4) is 17.6 Å². The topological polar surface area (TPSA) is 80.9 Å². The minimum absolute atomic E-state index is 0.188. The van der Waals surface area contributed by atoms with Gasteiger partial charge in [0.2, 0.25) is 0 Å². The van der Waals surface area contributed by atoms with Crippen LogP contribution in [0.4, 0.5) is 0 Å². The Hall–Kier alpha value is -2.63. The number of benzene rings is 2. The van der Waals surface area contributed by atoms with E-state index in [4.69, 9.17) is 24.2 Å². The zero-order chi connectivity index (χ0) is 21.5. The van der Waals surface area contributed by atoms with E-state index in [0.717, 1.165) is 41.2 Å². The van der Waals surface area contributed by atoms with Crippen molar-refractivity contribution in [2.24, 2.45) is 0 Å². The summed E-state index contributed by atoms with van der Waals surface area (Å²) in [6, 6.07) is 17.4. The predicted molar refractivity (Wildman–Crippen MR) is 114 cm³/mol. The number of nitrogens with zero attached hydrogens (tertiary/aromatic N) is 2. The summed E-state index contributed by atoms with van der Waals surface area (Å²) in [5.74, 6) is 1.48. The molecule has 31 heavy (non-hydrogen) atoms. The van der Waals surface area contributed by atoms with Crippen LogP contribution < -0.4 is 9.47 Å². The molecule has 7 heteroatoms. The molecule has 0 bridgehead atoms. The molecule has 2 aliphatic rings. The maximum atomic E-state index is 10.7. The van der Waals surface area contributed by atoms with Gasteiger partial charge in [-0.25, -0.2) is 0 Å². The highest BCUT2D eigenvalue weighted by atomic mass is 16.6. The smallest absolute Gasteiger partial charge is 0.161 e. The van der Waals surface area contributed by atoms with Gasteiger partial charge in [-0.3, -0.25) is 0 Å². The van der Waals surface area contributed by atoms with Crippen LogP contribution in [0.2, 0.25) is 0 Å². The second-order valence-corrected chi connectivity index (χ2v) is 8.24. The first kappa shape index (κ1) is 21.6. The fraction of sp³-hybridized carbons (Fsp3) is 0.458. The first-order valence-electron chi connectivity index (χ1n) is 10.7. The molecule has 4 rings (SSSR count). The summed E-state index contributed by atoms with van der Waals surface area (Å²) in [7, 11) is 0. The van der Waals surface area contributed by atoms with Crippen LogP contribution in [0.15, 0.2) is 48.5 Å². The third-order valence-electron chi connectivity index (χ3n) is 5.80. The molecule has 2 heterocycles. The molecule has 2 aliphatic heterocycles. The van der Waals surface area contributed by atoms with E-state index in [9.17, 15) is 5.11 Å². The number of aliphatic hydroxyl groups excluding tert-OH is 1. The van der Waals surface area contributed by atoms with E-state index in [0.29, 0.717) is 38.5 Å². The Morgan fingerprint density at radius 3 is 2.58 bits per heavy atom. The fourth-order valence-corrected chi connectivity index (χ4v) is 4.19. The summed E-state index contributed by atoms with van der Waals surface area (Å²) < 4.78 is 23.7. The molecule has 0 radical (unpaired) electrons. The Balaban J connectivity index is 1.28. The van der Waals surface area contributed by atoms with Gasteiger partial charge in [0.25, 0.3) is 0 Å². The number of hydrogen-bond acceptors (Lipinski definition) is 6. The number of rotatable bonds is 8. The molecule has 2 aromatic rings. The minimum Gasteiger partial charge on any atom is -0.486 e. The van der Waals surface area contributed by atoms with E-state index in [-0.39, 0.29) is 12.7 Å². The zero-order valence-electron chi connectivity index (χ0n) is 17.6. The van der Waals surface area contributed by atoms with Crippen LogP contribution in [-0.2, 0) is 16.0 Å². The molecule has 164 valence electrons. The summed E-state index contributed by atoms with van der Waals surface area (Å²) in [6.07, 6.45) is -0.777. The van der Waals surface area contributed by atoms with Crippen molar-refractivity contribution in [1.82, 2.24) is 0 Å². The first-order chi connectivity index (χ1) is 15.2. The van der Waals surface area contributed by atoms with Crippen molar-refractivity contribution in [2.75, 3.05) is 52.7 Å². The quantitative estimate of drug-likeness (QED) is 0.653. The highest BCUT2D eigenvalue weighted by molar-refractivity contribution is 5.40. The average Bonchev–Trinajstić information content (AvgIpc) is 2.80. The molecule has 7 nitrogen and oxygen atoms in total. The number of para-hydroxylation sites is 2. The second kappa shape index (κ2) is 10.1.